The van der Waals surface area contributed by atoms with Crippen LogP contribution in [0.3, 0.4) is 0 Å². The van der Waals surface area contributed by atoms with Crippen LogP contribution in [-0.2, 0) is 11.3 Å². The van der Waals surface area contributed by atoms with Crippen LogP contribution in [0, 0.1) is 13.8 Å². The number of aryl methyl sites for hydroxylation is 2. The summed E-state index contributed by atoms with van der Waals surface area (Å²) in [6.45, 7) is 5.66. The van der Waals surface area contributed by atoms with Crippen molar-refractivity contribution in [1.29, 1.82) is 0 Å². The molecule has 2 rings (SSSR count). The molecule has 0 amide bonds. The molecule has 1 fully saturated rings. The normalized spacial score (nSPS) is 19.1. The molecule has 106 valence electrons. The Kier molecular flexibility index (Phi) is 5.00. The fraction of sp³-hybridized carbons (Fsp3) is 0.647. The molecule has 0 heterocycles. The van der Waals surface area contributed by atoms with E-state index in [0.29, 0.717) is 13.2 Å². The molecule has 0 saturated heterocycles. The van der Waals surface area contributed by atoms with Crippen LogP contribution in [0.2, 0.25) is 0 Å². The van der Waals surface area contributed by atoms with Crippen LogP contribution in [-0.4, -0.2) is 12.1 Å². The smallest absolute Gasteiger partial charge is 0.0717 e. The number of hydrogen-bond acceptors (Lipinski definition) is 2. The Hall–Kier alpha value is -0.860. The molecule has 0 aliphatic heterocycles. The highest BCUT2D eigenvalue weighted by atomic mass is 16.5. The number of ether oxygens (including phenoxy) is 1. The van der Waals surface area contributed by atoms with Gasteiger partial charge in [-0.15, -0.1) is 0 Å². The lowest BCUT2D eigenvalue weighted by Crippen LogP contribution is -2.43. The van der Waals surface area contributed by atoms with Crippen molar-refractivity contribution in [1.82, 2.24) is 0 Å². The van der Waals surface area contributed by atoms with Crippen molar-refractivity contribution in [2.75, 3.05) is 6.61 Å². The molecular formula is C17H27NO. The zero-order valence-electron chi connectivity index (χ0n) is 12.4. The molecule has 2 nitrogen and oxygen atoms in total. The van der Waals surface area contributed by atoms with E-state index in [1.54, 1.807) is 0 Å². The van der Waals surface area contributed by atoms with E-state index in [9.17, 15) is 0 Å². The molecule has 1 saturated carbocycles. The molecule has 2 N–H and O–H groups in total. The van der Waals surface area contributed by atoms with Gasteiger partial charge in [0.25, 0.3) is 0 Å². The summed E-state index contributed by atoms with van der Waals surface area (Å²) in [4.78, 5) is 0. The van der Waals surface area contributed by atoms with E-state index in [0.717, 1.165) is 12.8 Å². The van der Waals surface area contributed by atoms with E-state index in [1.807, 2.05) is 0 Å². The first-order valence-corrected chi connectivity index (χ1v) is 7.52. The van der Waals surface area contributed by atoms with E-state index in [2.05, 4.69) is 32.0 Å². The third kappa shape index (κ3) is 4.32. The van der Waals surface area contributed by atoms with Crippen molar-refractivity contribution in [2.24, 2.45) is 5.73 Å². The summed E-state index contributed by atoms with van der Waals surface area (Å²) in [6.07, 6.45) is 7.39. The molecule has 0 aromatic heterocycles. The molecule has 1 aliphatic rings. The zero-order valence-corrected chi connectivity index (χ0v) is 12.4. The van der Waals surface area contributed by atoms with Crippen molar-refractivity contribution in [3.05, 3.63) is 34.9 Å². The second-order valence-electron chi connectivity index (χ2n) is 6.19. The van der Waals surface area contributed by atoms with Crippen molar-refractivity contribution in [3.8, 4) is 0 Å². The van der Waals surface area contributed by atoms with E-state index in [1.165, 1.54) is 42.4 Å². The maximum atomic E-state index is 6.45. The highest BCUT2D eigenvalue weighted by molar-refractivity contribution is 5.29. The first-order chi connectivity index (χ1) is 9.09. The van der Waals surface area contributed by atoms with Gasteiger partial charge in [-0.1, -0.05) is 43.9 Å². The fourth-order valence-electron chi connectivity index (χ4n) is 2.84. The highest BCUT2D eigenvalue weighted by Crippen LogP contribution is 2.25. The molecule has 2 heteroatoms. The van der Waals surface area contributed by atoms with Crippen LogP contribution in [0.4, 0.5) is 0 Å². The lowest BCUT2D eigenvalue weighted by atomic mass is 9.92. The number of nitrogens with two attached hydrogens (primary N) is 1. The molecule has 0 unspecified atom stereocenters. The second-order valence-corrected chi connectivity index (χ2v) is 6.19. The molecular weight excluding hydrogens is 234 g/mol. The molecule has 1 aromatic carbocycles. The molecule has 19 heavy (non-hydrogen) atoms. The van der Waals surface area contributed by atoms with Gasteiger partial charge in [0.1, 0.15) is 0 Å². The summed E-state index contributed by atoms with van der Waals surface area (Å²) in [6, 6.07) is 6.53. The predicted octanol–water partition coefficient (Wildman–Crippen LogP) is 3.87. The van der Waals surface area contributed by atoms with Crippen LogP contribution in [0.25, 0.3) is 0 Å². The van der Waals surface area contributed by atoms with Gasteiger partial charge in [0.15, 0.2) is 0 Å². The van der Waals surface area contributed by atoms with Gasteiger partial charge in [-0.3, -0.25) is 0 Å². The number of benzene rings is 1. The molecule has 1 aromatic rings. The minimum atomic E-state index is -0.0871. The van der Waals surface area contributed by atoms with Crippen LogP contribution < -0.4 is 5.73 Å². The third-order valence-corrected chi connectivity index (χ3v) is 4.33. The van der Waals surface area contributed by atoms with Crippen molar-refractivity contribution in [3.63, 3.8) is 0 Å². The quantitative estimate of drug-likeness (QED) is 0.835. The largest absolute Gasteiger partial charge is 0.375 e. The third-order valence-electron chi connectivity index (χ3n) is 4.33. The number of hydrogen-bond donors (Lipinski definition) is 1. The van der Waals surface area contributed by atoms with Gasteiger partial charge in [-0.25, -0.2) is 0 Å². The Morgan fingerprint density at radius 2 is 1.74 bits per heavy atom. The maximum absolute atomic E-state index is 6.45. The van der Waals surface area contributed by atoms with E-state index in [4.69, 9.17) is 10.5 Å². The first kappa shape index (κ1) is 14.5. The van der Waals surface area contributed by atoms with Crippen LogP contribution >= 0.6 is 0 Å². The fourth-order valence-corrected chi connectivity index (χ4v) is 2.84. The maximum Gasteiger partial charge on any atom is 0.0717 e. The van der Waals surface area contributed by atoms with Gasteiger partial charge in [0, 0.05) is 5.54 Å². The second kappa shape index (κ2) is 6.53. The Labute approximate surface area is 117 Å². The van der Waals surface area contributed by atoms with Gasteiger partial charge in [-0.05, 0) is 43.4 Å². The Morgan fingerprint density at radius 3 is 2.37 bits per heavy atom. The summed E-state index contributed by atoms with van der Waals surface area (Å²) in [5, 5.41) is 0. The van der Waals surface area contributed by atoms with Crippen LogP contribution in [0.5, 0.6) is 0 Å². The average Bonchev–Trinajstić information content (AvgIpc) is 2.59. The lowest BCUT2D eigenvalue weighted by molar-refractivity contribution is 0.0667. The monoisotopic (exact) mass is 261 g/mol. The Morgan fingerprint density at radius 1 is 1.05 bits per heavy atom. The lowest BCUT2D eigenvalue weighted by Gasteiger charge is -2.27. The van der Waals surface area contributed by atoms with Crippen LogP contribution in [0.15, 0.2) is 18.2 Å². The zero-order chi connectivity index (χ0) is 13.7. The minimum Gasteiger partial charge on any atom is -0.375 e. The van der Waals surface area contributed by atoms with Gasteiger partial charge in [-0.2, -0.15) is 0 Å². The molecule has 1 aliphatic carbocycles. The van der Waals surface area contributed by atoms with Crippen molar-refractivity contribution >= 4 is 0 Å². The van der Waals surface area contributed by atoms with Gasteiger partial charge < -0.3 is 10.5 Å². The summed E-state index contributed by atoms with van der Waals surface area (Å²) in [7, 11) is 0. The first-order valence-electron chi connectivity index (χ1n) is 7.52. The van der Waals surface area contributed by atoms with Gasteiger partial charge in [0.2, 0.25) is 0 Å². The minimum absolute atomic E-state index is 0.0871. The van der Waals surface area contributed by atoms with E-state index in [-0.39, 0.29) is 5.54 Å². The Balaban J connectivity index is 1.83. The predicted molar refractivity (Wildman–Crippen MR) is 80.2 cm³/mol. The van der Waals surface area contributed by atoms with Gasteiger partial charge >= 0.3 is 0 Å². The summed E-state index contributed by atoms with van der Waals surface area (Å²) in [5.74, 6) is 0. The highest BCUT2D eigenvalue weighted by Gasteiger charge is 2.26. The van der Waals surface area contributed by atoms with E-state index < -0.39 is 0 Å². The van der Waals surface area contributed by atoms with Gasteiger partial charge in [0.05, 0.1) is 13.2 Å². The SMILES string of the molecule is Cc1ccc(COCC2(N)CCCCCC2)cc1C. The standard InChI is InChI=1S/C17H27NO/c1-14-7-8-16(11-15(14)2)12-19-13-17(18)9-5-3-4-6-10-17/h7-8,11H,3-6,9-10,12-13,18H2,1-2H3. The molecule has 0 radical (unpaired) electrons. The summed E-state index contributed by atoms with van der Waals surface area (Å²) >= 11 is 0. The van der Waals surface area contributed by atoms with E-state index >= 15 is 0 Å². The summed E-state index contributed by atoms with van der Waals surface area (Å²) < 4.78 is 5.89. The van der Waals surface area contributed by atoms with Crippen molar-refractivity contribution < 1.29 is 4.74 Å². The van der Waals surface area contributed by atoms with Crippen LogP contribution in [0.1, 0.15) is 55.2 Å². The average molecular weight is 261 g/mol. The molecule has 0 atom stereocenters. The summed E-state index contributed by atoms with van der Waals surface area (Å²) in [5.41, 5.74) is 10.3. The Bertz CT molecular complexity index is 406. The van der Waals surface area contributed by atoms with Crippen molar-refractivity contribution in [2.45, 2.75) is 64.5 Å². The molecule has 0 spiro atoms. The number of rotatable bonds is 4. The molecule has 0 bridgehead atoms. The topological polar surface area (TPSA) is 35.2 Å².